The third kappa shape index (κ3) is 5.31. The molecule has 1 heterocycles. The van der Waals surface area contributed by atoms with Crippen LogP contribution in [0.2, 0.25) is 10.0 Å². The monoisotopic (exact) mass is 510 g/mol. The van der Waals surface area contributed by atoms with Gasteiger partial charge < -0.3 is 9.47 Å². The fourth-order valence-corrected chi connectivity index (χ4v) is 3.74. The van der Waals surface area contributed by atoms with Gasteiger partial charge in [-0.2, -0.15) is 0 Å². The van der Waals surface area contributed by atoms with Crippen molar-refractivity contribution in [2.75, 3.05) is 12.0 Å². The number of rotatable bonds is 6. The van der Waals surface area contributed by atoms with Crippen LogP contribution >= 0.6 is 23.2 Å². The Kier molecular flexibility index (Phi) is 7.10. The fourth-order valence-electron chi connectivity index (χ4n) is 3.42. The Balaban J connectivity index is 1.68. The Hall–Kier alpha value is -3.81. The molecule has 7 nitrogen and oxygen atoms in total. The van der Waals surface area contributed by atoms with Crippen molar-refractivity contribution in [3.8, 4) is 11.5 Å². The summed E-state index contributed by atoms with van der Waals surface area (Å²) in [6.45, 7) is 2.04. The van der Waals surface area contributed by atoms with Crippen molar-refractivity contribution in [3.63, 3.8) is 0 Å². The number of carbonyl (C=O) groups excluding carboxylic acids is 3. The Bertz CT molecular complexity index is 1350. The summed E-state index contributed by atoms with van der Waals surface area (Å²) in [5.74, 6) is -0.655. The van der Waals surface area contributed by atoms with Crippen LogP contribution < -0.4 is 19.7 Å². The lowest BCUT2D eigenvalue weighted by atomic mass is 10.1. The number of halogens is 2. The molecule has 1 saturated heterocycles. The van der Waals surface area contributed by atoms with Crippen LogP contribution in [0.15, 0.2) is 66.2 Å². The van der Waals surface area contributed by atoms with Gasteiger partial charge >= 0.3 is 6.03 Å². The highest BCUT2D eigenvalue weighted by molar-refractivity contribution is 6.42. The average molecular weight is 511 g/mol. The van der Waals surface area contributed by atoms with Crippen LogP contribution in [-0.4, -0.2) is 25.0 Å². The highest BCUT2D eigenvalue weighted by Crippen LogP contribution is 2.30. The minimum atomic E-state index is -0.813. The molecule has 3 aromatic rings. The number of ether oxygens (including phenoxy) is 2. The molecule has 1 aliphatic heterocycles. The molecule has 1 aliphatic rings. The minimum Gasteiger partial charge on any atom is -0.497 e. The van der Waals surface area contributed by atoms with Crippen LogP contribution in [0.4, 0.5) is 10.5 Å². The maximum absolute atomic E-state index is 13.2. The molecular formula is C26H20Cl2N2O5. The van der Waals surface area contributed by atoms with Crippen molar-refractivity contribution in [2.45, 2.75) is 13.5 Å². The molecule has 4 amide bonds. The van der Waals surface area contributed by atoms with Crippen molar-refractivity contribution in [1.82, 2.24) is 5.32 Å². The van der Waals surface area contributed by atoms with Crippen LogP contribution in [0.3, 0.4) is 0 Å². The van der Waals surface area contributed by atoms with E-state index in [4.69, 9.17) is 32.7 Å². The normalized spacial score (nSPS) is 14.8. The topological polar surface area (TPSA) is 84.9 Å². The molecule has 0 radical (unpaired) electrons. The van der Waals surface area contributed by atoms with E-state index in [9.17, 15) is 14.4 Å². The van der Waals surface area contributed by atoms with E-state index in [1.54, 1.807) is 60.7 Å². The van der Waals surface area contributed by atoms with Crippen LogP contribution in [0, 0.1) is 6.92 Å². The van der Waals surface area contributed by atoms with Crippen molar-refractivity contribution in [1.29, 1.82) is 0 Å². The van der Waals surface area contributed by atoms with E-state index in [1.165, 1.54) is 13.2 Å². The van der Waals surface area contributed by atoms with Crippen LogP contribution in [0.1, 0.15) is 16.7 Å². The second-order valence-electron chi connectivity index (χ2n) is 7.73. The number of nitrogens with zero attached hydrogens (tertiary/aromatic N) is 1. The highest BCUT2D eigenvalue weighted by atomic mass is 35.5. The number of carbonyl (C=O) groups is 3. The second kappa shape index (κ2) is 10.2. The zero-order chi connectivity index (χ0) is 25.1. The zero-order valence-corrected chi connectivity index (χ0v) is 20.3. The first-order valence-corrected chi connectivity index (χ1v) is 11.3. The number of urea groups is 1. The third-order valence-electron chi connectivity index (χ3n) is 5.29. The molecule has 0 bridgehead atoms. The van der Waals surface area contributed by atoms with Crippen LogP contribution in [0.5, 0.6) is 11.5 Å². The summed E-state index contributed by atoms with van der Waals surface area (Å²) in [6.07, 6.45) is 1.38. The average Bonchev–Trinajstić information content (AvgIpc) is 2.84. The molecule has 0 aliphatic carbocycles. The molecule has 1 fully saturated rings. The Morgan fingerprint density at radius 3 is 2.37 bits per heavy atom. The van der Waals surface area contributed by atoms with Gasteiger partial charge in [-0.1, -0.05) is 47.0 Å². The van der Waals surface area contributed by atoms with Crippen molar-refractivity contribution in [3.05, 3.63) is 93.0 Å². The predicted molar refractivity (Wildman–Crippen MR) is 134 cm³/mol. The number of benzene rings is 3. The molecule has 4 rings (SSSR count). The Morgan fingerprint density at radius 1 is 0.943 bits per heavy atom. The first kappa shape index (κ1) is 24.3. The van der Waals surface area contributed by atoms with Gasteiger partial charge in [0, 0.05) is 11.6 Å². The molecule has 0 saturated carbocycles. The van der Waals surface area contributed by atoms with Gasteiger partial charge in [-0.15, -0.1) is 0 Å². The molecule has 35 heavy (non-hydrogen) atoms. The van der Waals surface area contributed by atoms with E-state index in [2.05, 4.69) is 5.32 Å². The number of hydrogen-bond donors (Lipinski definition) is 1. The van der Waals surface area contributed by atoms with Crippen LogP contribution in [0.25, 0.3) is 6.08 Å². The zero-order valence-electron chi connectivity index (χ0n) is 18.8. The van der Waals surface area contributed by atoms with Gasteiger partial charge in [-0.3, -0.25) is 14.9 Å². The van der Waals surface area contributed by atoms with E-state index in [0.29, 0.717) is 32.8 Å². The number of methoxy groups -OCH3 is 1. The molecule has 3 aromatic carbocycles. The molecule has 178 valence electrons. The number of anilines is 1. The SMILES string of the molecule is COc1ccc(/C=C2\C(=O)NC(=O)N(c3ccc(C)cc3)C2=O)c(OCc2ccc(Cl)c(Cl)c2)c1. The number of aryl methyl sites for hydroxylation is 1. The van der Waals surface area contributed by atoms with Gasteiger partial charge in [-0.05, 0) is 55.0 Å². The van der Waals surface area contributed by atoms with E-state index < -0.39 is 17.8 Å². The summed E-state index contributed by atoms with van der Waals surface area (Å²) >= 11 is 12.1. The Morgan fingerprint density at radius 2 is 1.69 bits per heavy atom. The largest absolute Gasteiger partial charge is 0.497 e. The van der Waals surface area contributed by atoms with Gasteiger partial charge in [0.05, 0.1) is 22.8 Å². The van der Waals surface area contributed by atoms with Gasteiger partial charge in [0.1, 0.15) is 23.7 Å². The molecule has 1 N–H and O–H groups in total. The van der Waals surface area contributed by atoms with Crippen LogP contribution in [-0.2, 0) is 16.2 Å². The maximum Gasteiger partial charge on any atom is 0.335 e. The summed E-state index contributed by atoms with van der Waals surface area (Å²) < 4.78 is 11.3. The lowest BCUT2D eigenvalue weighted by Crippen LogP contribution is -2.54. The molecule has 0 spiro atoms. The van der Waals surface area contributed by atoms with E-state index >= 15 is 0 Å². The first-order chi connectivity index (χ1) is 16.8. The standard InChI is InChI=1S/C26H20Cl2N2O5/c1-15-3-7-18(8-4-15)30-25(32)20(24(31)29-26(30)33)12-17-6-9-19(34-2)13-23(17)35-14-16-5-10-21(27)22(28)11-16/h3-13H,14H2,1-2H3,(H,29,31,33)/b20-12+. The van der Waals surface area contributed by atoms with E-state index in [0.717, 1.165) is 16.0 Å². The van der Waals surface area contributed by atoms with Gasteiger partial charge in [-0.25, -0.2) is 9.69 Å². The number of hydrogen-bond acceptors (Lipinski definition) is 5. The number of nitrogens with one attached hydrogen (secondary N) is 1. The summed E-state index contributed by atoms with van der Waals surface area (Å²) in [4.78, 5) is 39.2. The number of barbiturate groups is 1. The number of amides is 4. The summed E-state index contributed by atoms with van der Waals surface area (Å²) in [7, 11) is 1.51. The summed E-state index contributed by atoms with van der Waals surface area (Å²) in [6, 6.07) is 16.1. The second-order valence-corrected chi connectivity index (χ2v) is 8.55. The predicted octanol–water partition coefficient (Wildman–Crippen LogP) is 5.56. The third-order valence-corrected chi connectivity index (χ3v) is 6.03. The Labute approximate surface area is 211 Å². The van der Waals surface area contributed by atoms with Crippen molar-refractivity contribution < 1.29 is 23.9 Å². The van der Waals surface area contributed by atoms with Gasteiger partial charge in [0.25, 0.3) is 11.8 Å². The maximum atomic E-state index is 13.2. The number of imide groups is 2. The molecular weight excluding hydrogens is 491 g/mol. The molecule has 0 unspecified atom stereocenters. The fraction of sp³-hybridized carbons (Fsp3) is 0.115. The molecule has 0 aromatic heterocycles. The lowest BCUT2D eigenvalue weighted by molar-refractivity contribution is -0.122. The first-order valence-electron chi connectivity index (χ1n) is 10.5. The highest BCUT2D eigenvalue weighted by Gasteiger charge is 2.37. The summed E-state index contributed by atoms with van der Waals surface area (Å²) in [5.41, 5.74) is 2.32. The van der Waals surface area contributed by atoms with Crippen molar-refractivity contribution >= 4 is 52.8 Å². The minimum absolute atomic E-state index is 0.147. The van der Waals surface area contributed by atoms with E-state index in [1.807, 2.05) is 6.92 Å². The summed E-state index contributed by atoms with van der Waals surface area (Å²) in [5, 5.41) is 3.04. The smallest absolute Gasteiger partial charge is 0.335 e. The van der Waals surface area contributed by atoms with Gasteiger partial charge in [0.15, 0.2) is 0 Å². The quantitative estimate of drug-likeness (QED) is 0.346. The van der Waals surface area contributed by atoms with Crippen molar-refractivity contribution in [2.24, 2.45) is 0 Å². The molecule has 0 atom stereocenters. The van der Waals surface area contributed by atoms with E-state index in [-0.39, 0.29) is 12.2 Å². The lowest BCUT2D eigenvalue weighted by Gasteiger charge is -2.26. The molecule has 9 heteroatoms. The van der Waals surface area contributed by atoms with Gasteiger partial charge in [0.2, 0.25) is 0 Å².